The van der Waals surface area contributed by atoms with Crippen molar-refractivity contribution in [3.05, 3.63) is 29.8 Å². The van der Waals surface area contributed by atoms with Crippen molar-refractivity contribution in [3.8, 4) is 5.75 Å². The Balaban J connectivity index is 2.19. The Morgan fingerprint density at radius 3 is 2.56 bits per heavy atom. The third kappa shape index (κ3) is 6.51. The second kappa shape index (κ2) is 6.66. The number of carbonyl (C=O) groups excluding carboxylic acids is 1. The first-order valence-electron chi connectivity index (χ1n) is 5.73. The fraction of sp³-hybridized carbons (Fsp3) is 0.462. The van der Waals surface area contributed by atoms with E-state index in [4.69, 9.17) is 9.94 Å². The normalized spacial score (nSPS) is 11.3. The van der Waals surface area contributed by atoms with Crippen molar-refractivity contribution in [1.82, 2.24) is 5.48 Å². The molecule has 0 bridgehead atoms. The van der Waals surface area contributed by atoms with Gasteiger partial charge in [-0.05, 0) is 24.1 Å². The Morgan fingerprint density at radius 1 is 1.39 bits per heavy atom. The third-order valence-corrected chi connectivity index (χ3v) is 2.33. The molecule has 0 saturated carbocycles. The van der Waals surface area contributed by atoms with Gasteiger partial charge in [-0.2, -0.15) is 12.6 Å². The zero-order valence-corrected chi connectivity index (χ0v) is 11.5. The summed E-state index contributed by atoms with van der Waals surface area (Å²) in [5, 5.41) is 9.11. The van der Waals surface area contributed by atoms with E-state index in [-0.39, 0.29) is 22.8 Å². The first kappa shape index (κ1) is 14.9. The second-order valence-electron chi connectivity index (χ2n) is 4.72. The van der Waals surface area contributed by atoms with E-state index in [9.17, 15) is 4.79 Å². The minimum atomic E-state index is -0.374. The van der Waals surface area contributed by atoms with Gasteiger partial charge in [0.1, 0.15) is 5.75 Å². The fourth-order valence-corrected chi connectivity index (χ4v) is 1.48. The lowest BCUT2D eigenvalue weighted by atomic mass is 10.1. The van der Waals surface area contributed by atoms with Crippen LogP contribution in [0.5, 0.6) is 5.75 Å². The predicted molar refractivity (Wildman–Crippen MR) is 72.6 cm³/mol. The van der Waals surface area contributed by atoms with Gasteiger partial charge in [0.15, 0.2) is 0 Å². The lowest BCUT2D eigenvalue weighted by Gasteiger charge is -2.14. The van der Waals surface area contributed by atoms with Gasteiger partial charge in [-0.3, -0.25) is 4.79 Å². The molecule has 99 valence electrons. The summed E-state index contributed by atoms with van der Waals surface area (Å²) >= 11 is 4.25. The summed E-state index contributed by atoms with van der Waals surface area (Å²) in [6.07, 6.45) is 0.886. The van der Waals surface area contributed by atoms with E-state index in [1.165, 1.54) is 0 Å². The van der Waals surface area contributed by atoms with E-state index in [2.05, 4.69) is 18.1 Å². The first-order chi connectivity index (χ1) is 8.37. The summed E-state index contributed by atoms with van der Waals surface area (Å²) < 4.78 is -0.374. The highest BCUT2D eigenvalue weighted by Crippen LogP contribution is 2.16. The zero-order chi connectivity index (χ0) is 13.6. The monoisotopic (exact) mass is 268 g/mol. The lowest BCUT2D eigenvalue weighted by Crippen LogP contribution is -2.25. The molecule has 1 radical (unpaired) electrons. The standard InChI is InChI=1S/C13H18NO3S/c1-13(2,18)9-12(16)14-17-8-7-10-3-5-11(15)6-4-10/h3-6,15,18H,7-9H2,1-2H3. The van der Waals surface area contributed by atoms with Crippen molar-refractivity contribution in [2.45, 2.75) is 31.4 Å². The first-order valence-corrected chi connectivity index (χ1v) is 6.18. The maximum Gasteiger partial charge on any atom is 0.270 e. The minimum absolute atomic E-state index is 0.232. The van der Waals surface area contributed by atoms with Gasteiger partial charge >= 0.3 is 0 Å². The van der Waals surface area contributed by atoms with E-state index in [0.29, 0.717) is 13.0 Å². The number of hydrogen-bond donors (Lipinski definition) is 2. The number of benzene rings is 1. The van der Waals surface area contributed by atoms with Crippen molar-refractivity contribution < 1.29 is 14.7 Å². The number of aromatic hydroxyl groups is 1. The van der Waals surface area contributed by atoms with E-state index in [1.54, 1.807) is 24.3 Å². The molecule has 1 aromatic rings. The van der Waals surface area contributed by atoms with Crippen molar-refractivity contribution in [1.29, 1.82) is 0 Å². The lowest BCUT2D eigenvalue weighted by molar-refractivity contribution is -0.135. The number of carbonyl (C=O) groups is 1. The van der Waals surface area contributed by atoms with Crippen molar-refractivity contribution in [2.24, 2.45) is 0 Å². The molecule has 1 rings (SSSR count). The molecule has 1 aromatic carbocycles. The summed E-state index contributed by atoms with van der Waals surface area (Å²) in [6, 6.07) is 6.83. The Morgan fingerprint density at radius 2 is 2.00 bits per heavy atom. The van der Waals surface area contributed by atoms with Crippen LogP contribution < -0.4 is 5.48 Å². The summed E-state index contributed by atoms with van der Waals surface area (Å²) in [4.78, 5) is 16.3. The van der Waals surface area contributed by atoms with Crippen LogP contribution >= 0.6 is 12.6 Å². The van der Waals surface area contributed by atoms with Crippen molar-refractivity contribution in [3.63, 3.8) is 0 Å². The van der Waals surface area contributed by atoms with Gasteiger partial charge in [0.25, 0.3) is 5.91 Å². The molecule has 0 unspecified atom stereocenters. The predicted octanol–water partition coefficient (Wildman–Crippen LogP) is 2.10. The summed E-state index contributed by atoms with van der Waals surface area (Å²) in [7, 11) is 0. The van der Waals surface area contributed by atoms with Gasteiger partial charge in [0, 0.05) is 11.2 Å². The Kier molecular flexibility index (Phi) is 5.50. The van der Waals surface area contributed by atoms with Crippen LogP contribution in [0.4, 0.5) is 0 Å². The average molecular weight is 268 g/mol. The smallest absolute Gasteiger partial charge is 0.270 e. The number of hydrogen-bond acceptors (Lipinski definition) is 4. The van der Waals surface area contributed by atoms with Gasteiger partial charge < -0.3 is 5.11 Å². The molecule has 0 heterocycles. The van der Waals surface area contributed by atoms with Crippen LogP contribution in [0.2, 0.25) is 0 Å². The number of rotatable bonds is 6. The number of amides is 1. The molecule has 0 saturated heterocycles. The molecule has 1 N–H and O–H groups in total. The molecular weight excluding hydrogens is 250 g/mol. The van der Waals surface area contributed by atoms with Crippen molar-refractivity contribution >= 4 is 18.5 Å². The molecule has 0 aliphatic rings. The second-order valence-corrected chi connectivity index (χ2v) is 5.93. The zero-order valence-electron chi connectivity index (χ0n) is 10.6. The highest BCUT2D eigenvalue weighted by molar-refractivity contribution is 7.81. The molecule has 5 heteroatoms. The molecular formula is C13H18NO3S. The van der Waals surface area contributed by atoms with Gasteiger partial charge in [-0.1, -0.05) is 31.5 Å². The van der Waals surface area contributed by atoms with Gasteiger partial charge in [-0.15, -0.1) is 0 Å². The number of hydroxylamine groups is 1. The van der Waals surface area contributed by atoms with Crippen LogP contribution in [-0.4, -0.2) is 22.4 Å². The topological polar surface area (TPSA) is 60.6 Å². The molecule has 0 fully saturated rings. The van der Waals surface area contributed by atoms with E-state index >= 15 is 0 Å². The molecule has 18 heavy (non-hydrogen) atoms. The van der Waals surface area contributed by atoms with Gasteiger partial charge in [0.2, 0.25) is 0 Å². The van der Waals surface area contributed by atoms with E-state index < -0.39 is 0 Å². The number of phenolic OH excluding ortho intramolecular Hbond substituents is 1. The SMILES string of the molecule is CC(C)(S)CC(=O)[N]OCCc1ccc(O)cc1. The quantitative estimate of drug-likeness (QED) is 0.472. The number of phenols is 1. The Hall–Kier alpha value is -1.20. The Bertz CT molecular complexity index is 384. The van der Waals surface area contributed by atoms with E-state index in [1.807, 2.05) is 13.8 Å². The van der Waals surface area contributed by atoms with E-state index in [0.717, 1.165) is 5.56 Å². The highest BCUT2D eigenvalue weighted by atomic mass is 32.1. The summed E-state index contributed by atoms with van der Waals surface area (Å²) in [5.41, 5.74) is 4.52. The van der Waals surface area contributed by atoms with Gasteiger partial charge in [0.05, 0.1) is 6.61 Å². The average Bonchev–Trinajstić information content (AvgIpc) is 2.24. The maximum absolute atomic E-state index is 11.3. The maximum atomic E-state index is 11.3. The third-order valence-electron chi connectivity index (χ3n) is 2.17. The fourth-order valence-electron chi connectivity index (χ4n) is 1.35. The molecule has 1 amide bonds. The van der Waals surface area contributed by atoms with Crippen molar-refractivity contribution in [2.75, 3.05) is 6.61 Å². The number of thiol groups is 1. The van der Waals surface area contributed by atoms with Gasteiger partial charge in [-0.25, -0.2) is 4.84 Å². The van der Waals surface area contributed by atoms with Crippen LogP contribution in [-0.2, 0) is 16.1 Å². The van der Waals surface area contributed by atoms with Crippen LogP contribution in [0.25, 0.3) is 0 Å². The van der Waals surface area contributed by atoms with Crippen LogP contribution in [0.15, 0.2) is 24.3 Å². The molecule has 0 spiro atoms. The molecule has 0 aliphatic heterocycles. The highest BCUT2D eigenvalue weighted by Gasteiger charge is 2.17. The molecule has 0 aromatic heterocycles. The Labute approximate surface area is 113 Å². The minimum Gasteiger partial charge on any atom is -0.508 e. The molecule has 0 aliphatic carbocycles. The largest absolute Gasteiger partial charge is 0.508 e. The number of nitrogens with zero attached hydrogens (tertiary/aromatic N) is 1. The molecule has 4 nitrogen and oxygen atoms in total. The van der Waals surface area contributed by atoms with Crippen LogP contribution in [0, 0.1) is 0 Å². The summed E-state index contributed by atoms with van der Waals surface area (Å²) in [6.45, 7) is 4.03. The van der Waals surface area contributed by atoms with Crippen LogP contribution in [0.3, 0.4) is 0 Å². The van der Waals surface area contributed by atoms with Crippen LogP contribution in [0.1, 0.15) is 25.8 Å². The summed E-state index contributed by atoms with van der Waals surface area (Å²) in [5.74, 6) is -0.0729. The molecule has 0 atom stereocenters.